The van der Waals surface area contributed by atoms with Crippen LogP contribution in [0, 0.1) is 0 Å². The van der Waals surface area contributed by atoms with Crippen molar-refractivity contribution in [2.24, 2.45) is 0 Å². The first-order valence-electron chi connectivity index (χ1n) is 11.2. The third-order valence-corrected chi connectivity index (χ3v) is 5.98. The second kappa shape index (κ2) is 10.0. The molecule has 7 heteroatoms. The lowest BCUT2D eigenvalue weighted by molar-refractivity contribution is 0.102. The average molecular weight is 495 g/mol. The van der Waals surface area contributed by atoms with E-state index in [0.717, 1.165) is 16.0 Å². The Bertz CT molecular complexity index is 1530. The molecular formula is C29H22N2O4S. The molecule has 178 valence electrons. The number of carbonyl (C=O) groups is 1. The van der Waals surface area contributed by atoms with Gasteiger partial charge in [0.15, 0.2) is 0 Å². The molecule has 0 saturated heterocycles. The van der Waals surface area contributed by atoms with Crippen molar-refractivity contribution in [3.8, 4) is 45.3 Å². The van der Waals surface area contributed by atoms with Gasteiger partial charge in [-0.25, -0.2) is 4.98 Å². The fraction of sp³-hybridized carbons (Fsp3) is 0.0345. The molecule has 0 atom stereocenters. The summed E-state index contributed by atoms with van der Waals surface area (Å²) in [6.07, 6.45) is 0. The Balaban J connectivity index is 1.54. The number of benzene rings is 4. The highest BCUT2D eigenvalue weighted by Gasteiger charge is 2.21. The Labute approximate surface area is 213 Å². The van der Waals surface area contributed by atoms with E-state index in [4.69, 9.17) is 9.15 Å². The van der Waals surface area contributed by atoms with E-state index in [9.17, 15) is 9.90 Å². The molecule has 5 aromatic rings. The van der Waals surface area contributed by atoms with Gasteiger partial charge in [-0.2, -0.15) is 0 Å². The Kier molecular flexibility index (Phi) is 6.47. The van der Waals surface area contributed by atoms with Crippen molar-refractivity contribution in [1.29, 1.82) is 0 Å². The second-order valence-corrected chi connectivity index (χ2v) is 8.51. The largest absolute Gasteiger partial charge is 0.507 e. The zero-order valence-electron chi connectivity index (χ0n) is 19.3. The van der Waals surface area contributed by atoms with Crippen LogP contribution in [0.5, 0.6) is 11.5 Å². The monoisotopic (exact) mass is 494 g/mol. The lowest BCUT2D eigenvalue weighted by Crippen LogP contribution is -2.13. The maximum Gasteiger partial charge on any atom is 0.258 e. The third kappa shape index (κ3) is 4.69. The number of phenolic OH excluding ortho intramolecular Hbond substituents is 1. The number of carbonyl (C=O) groups excluding carboxylic acids is 1. The zero-order chi connectivity index (χ0) is 25.1. The van der Waals surface area contributed by atoms with E-state index in [1.54, 1.807) is 30.3 Å². The van der Waals surface area contributed by atoms with Crippen molar-refractivity contribution in [2.45, 2.75) is 4.90 Å². The van der Waals surface area contributed by atoms with E-state index in [-0.39, 0.29) is 11.6 Å². The molecule has 0 spiro atoms. The number of amides is 1. The summed E-state index contributed by atoms with van der Waals surface area (Å²) in [5.41, 5.74) is 3.52. The quantitative estimate of drug-likeness (QED) is 0.223. The number of anilines is 1. The van der Waals surface area contributed by atoms with Gasteiger partial charge in [0.2, 0.25) is 11.8 Å². The maximum absolute atomic E-state index is 13.5. The number of nitrogens with zero attached hydrogens (tertiary/aromatic N) is 1. The summed E-state index contributed by atoms with van der Waals surface area (Å²) in [5.74, 6) is 0.731. The van der Waals surface area contributed by atoms with Crippen molar-refractivity contribution in [1.82, 2.24) is 4.98 Å². The smallest absolute Gasteiger partial charge is 0.258 e. The van der Waals surface area contributed by atoms with Crippen LogP contribution in [0.15, 0.2) is 106 Å². The molecule has 2 N–H and O–H groups in total. The summed E-state index contributed by atoms with van der Waals surface area (Å²) >= 11 is 4.34. The van der Waals surface area contributed by atoms with Gasteiger partial charge in [-0.3, -0.25) is 10.1 Å². The first-order valence-corrected chi connectivity index (χ1v) is 11.6. The molecular weight excluding hydrogens is 472 g/mol. The Morgan fingerprint density at radius 2 is 1.61 bits per heavy atom. The molecule has 0 unspecified atom stereocenters. The first-order chi connectivity index (χ1) is 17.5. The molecule has 5 rings (SSSR count). The number of aromatic hydroxyl groups is 1. The summed E-state index contributed by atoms with van der Waals surface area (Å²) in [7, 11) is 1.53. The minimum absolute atomic E-state index is 0.00848. The summed E-state index contributed by atoms with van der Waals surface area (Å²) < 4.78 is 11.2. The van der Waals surface area contributed by atoms with Gasteiger partial charge in [0.1, 0.15) is 17.2 Å². The van der Waals surface area contributed by atoms with Crippen LogP contribution in [-0.2, 0) is 0 Å². The summed E-state index contributed by atoms with van der Waals surface area (Å²) in [6.45, 7) is 0. The molecule has 0 radical (unpaired) electrons. The van der Waals surface area contributed by atoms with Gasteiger partial charge in [-0.1, -0.05) is 48.5 Å². The molecule has 0 saturated carbocycles. The number of rotatable bonds is 6. The number of hydrogen-bond donors (Lipinski definition) is 3. The highest BCUT2D eigenvalue weighted by molar-refractivity contribution is 7.80. The molecule has 4 aromatic carbocycles. The Hall–Kier alpha value is -4.49. The molecule has 0 aliphatic carbocycles. The summed E-state index contributed by atoms with van der Waals surface area (Å²) in [5, 5.41) is 13.5. The predicted molar refractivity (Wildman–Crippen MR) is 143 cm³/mol. The molecule has 0 aliphatic rings. The van der Waals surface area contributed by atoms with Crippen molar-refractivity contribution >= 4 is 24.4 Å². The Morgan fingerprint density at radius 3 is 2.33 bits per heavy atom. The van der Waals surface area contributed by atoms with Crippen LogP contribution < -0.4 is 10.1 Å². The van der Waals surface area contributed by atoms with Crippen LogP contribution in [0.3, 0.4) is 0 Å². The SMILES string of the molecule is COc1ccc(-c2ccccc2C(=O)Nc2oc(-c3ccc(S)cc3)nc2-c2ccccc2)c(O)c1. The van der Waals surface area contributed by atoms with Gasteiger partial charge < -0.3 is 14.3 Å². The van der Waals surface area contributed by atoms with Gasteiger partial charge in [0.05, 0.1) is 7.11 Å². The summed E-state index contributed by atoms with van der Waals surface area (Å²) in [6, 6.07) is 28.9. The van der Waals surface area contributed by atoms with Crippen molar-refractivity contribution < 1.29 is 19.1 Å². The van der Waals surface area contributed by atoms with Gasteiger partial charge in [-0.05, 0) is 48.0 Å². The maximum atomic E-state index is 13.5. The van der Waals surface area contributed by atoms with Gasteiger partial charge in [0.25, 0.3) is 5.91 Å². The van der Waals surface area contributed by atoms with Crippen molar-refractivity contribution in [3.63, 3.8) is 0 Å². The highest BCUT2D eigenvalue weighted by Crippen LogP contribution is 2.36. The molecule has 36 heavy (non-hydrogen) atoms. The normalized spacial score (nSPS) is 10.7. The van der Waals surface area contributed by atoms with Crippen LogP contribution >= 0.6 is 12.6 Å². The van der Waals surface area contributed by atoms with E-state index in [1.807, 2.05) is 60.7 Å². The molecule has 1 amide bonds. The molecule has 0 aliphatic heterocycles. The number of nitrogens with one attached hydrogen (secondary N) is 1. The van der Waals surface area contributed by atoms with E-state index < -0.39 is 5.91 Å². The fourth-order valence-electron chi connectivity index (χ4n) is 3.88. The van der Waals surface area contributed by atoms with E-state index >= 15 is 0 Å². The van der Waals surface area contributed by atoms with Crippen LogP contribution in [0.2, 0.25) is 0 Å². The third-order valence-electron chi connectivity index (χ3n) is 5.68. The average Bonchev–Trinajstić information content (AvgIpc) is 3.33. The standard InChI is InChI=1S/C29H22N2O4S/c1-34-20-13-16-23(25(32)17-20)22-9-5-6-10-24(22)27(33)31-29-26(18-7-3-2-4-8-18)30-28(35-29)19-11-14-21(36)15-12-19/h2-17,32,36H,1H3,(H,31,33). The minimum Gasteiger partial charge on any atom is -0.507 e. The predicted octanol–water partition coefficient (Wildman–Crippen LogP) is 6.93. The van der Waals surface area contributed by atoms with E-state index in [0.29, 0.717) is 34.0 Å². The first kappa shape index (κ1) is 23.3. The summed E-state index contributed by atoms with van der Waals surface area (Å²) in [4.78, 5) is 19.0. The van der Waals surface area contributed by atoms with Crippen LogP contribution in [0.25, 0.3) is 33.8 Å². The topological polar surface area (TPSA) is 84.6 Å². The number of ether oxygens (including phenoxy) is 1. The van der Waals surface area contributed by atoms with Crippen LogP contribution in [-0.4, -0.2) is 23.1 Å². The lowest BCUT2D eigenvalue weighted by atomic mass is 9.98. The number of oxazole rings is 1. The number of thiol groups is 1. The van der Waals surface area contributed by atoms with Crippen LogP contribution in [0.1, 0.15) is 10.4 Å². The molecule has 1 heterocycles. The molecule has 1 aromatic heterocycles. The van der Waals surface area contributed by atoms with E-state index in [2.05, 4.69) is 22.9 Å². The van der Waals surface area contributed by atoms with Crippen molar-refractivity contribution in [3.05, 3.63) is 103 Å². The van der Waals surface area contributed by atoms with Gasteiger partial charge >= 0.3 is 0 Å². The van der Waals surface area contributed by atoms with Crippen LogP contribution in [0.4, 0.5) is 5.88 Å². The second-order valence-electron chi connectivity index (χ2n) is 7.99. The fourth-order valence-corrected chi connectivity index (χ4v) is 4.03. The molecule has 0 bridgehead atoms. The van der Waals surface area contributed by atoms with E-state index in [1.165, 1.54) is 13.2 Å². The number of aromatic nitrogens is 1. The van der Waals surface area contributed by atoms with Gasteiger partial charge in [-0.15, -0.1) is 12.6 Å². The lowest BCUT2D eigenvalue weighted by Gasteiger charge is -2.12. The number of phenols is 1. The highest BCUT2D eigenvalue weighted by atomic mass is 32.1. The number of hydrogen-bond acceptors (Lipinski definition) is 6. The minimum atomic E-state index is -0.397. The van der Waals surface area contributed by atoms with Gasteiger partial charge in [0, 0.05) is 33.2 Å². The number of methoxy groups -OCH3 is 1. The zero-order valence-corrected chi connectivity index (χ0v) is 20.2. The molecule has 6 nitrogen and oxygen atoms in total. The van der Waals surface area contributed by atoms with Crippen molar-refractivity contribution in [2.75, 3.05) is 12.4 Å². The Morgan fingerprint density at radius 1 is 0.889 bits per heavy atom. The molecule has 0 fully saturated rings.